The van der Waals surface area contributed by atoms with E-state index in [9.17, 15) is 9.18 Å². The van der Waals surface area contributed by atoms with Crippen molar-refractivity contribution in [1.29, 1.82) is 0 Å². The molecule has 4 nitrogen and oxygen atoms in total. The van der Waals surface area contributed by atoms with E-state index in [1.54, 1.807) is 6.07 Å². The molecule has 1 amide bonds. The second kappa shape index (κ2) is 6.29. The topological polar surface area (TPSA) is 57.8 Å². The summed E-state index contributed by atoms with van der Waals surface area (Å²) in [5, 5.41) is 11.7. The van der Waals surface area contributed by atoms with Crippen molar-refractivity contribution in [2.45, 2.75) is 6.54 Å². The lowest BCUT2D eigenvalue weighted by molar-refractivity contribution is 0.0951. The molecule has 2 N–H and O–H groups in total. The van der Waals surface area contributed by atoms with Gasteiger partial charge in [0, 0.05) is 11.6 Å². The Morgan fingerprint density at radius 1 is 1.41 bits per heavy atom. The average Bonchev–Trinajstić information content (AvgIpc) is 3.16. The molecule has 3 aromatic rings. The van der Waals surface area contributed by atoms with E-state index in [4.69, 9.17) is 11.6 Å². The fourth-order valence-corrected chi connectivity index (χ4v) is 2.97. The van der Waals surface area contributed by atoms with Gasteiger partial charge >= 0.3 is 0 Å². The van der Waals surface area contributed by atoms with Gasteiger partial charge in [0.15, 0.2) is 0 Å². The SMILES string of the molecule is O=C(NCc1ccc(F)cc1Cl)c1cn[nH]c1-c1cccs1. The Hall–Kier alpha value is -2.18. The van der Waals surface area contributed by atoms with Crippen molar-refractivity contribution in [3.8, 4) is 10.6 Å². The molecule has 0 saturated heterocycles. The first-order valence-corrected chi connectivity index (χ1v) is 7.70. The maximum atomic E-state index is 13.0. The number of carbonyl (C=O) groups excluding carboxylic acids is 1. The molecule has 7 heteroatoms. The van der Waals surface area contributed by atoms with Crippen LogP contribution in [-0.2, 0) is 6.54 Å². The summed E-state index contributed by atoms with van der Waals surface area (Å²) in [6, 6.07) is 7.89. The first-order valence-electron chi connectivity index (χ1n) is 6.44. The lowest BCUT2D eigenvalue weighted by Crippen LogP contribution is -2.23. The molecule has 0 spiro atoms. The average molecular weight is 336 g/mol. The van der Waals surface area contributed by atoms with Crippen LogP contribution in [0.25, 0.3) is 10.6 Å². The zero-order chi connectivity index (χ0) is 15.5. The number of aromatic nitrogens is 2. The molecule has 0 saturated carbocycles. The fourth-order valence-electron chi connectivity index (χ4n) is 2.00. The van der Waals surface area contributed by atoms with Crippen LogP contribution >= 0.6 is 22.9 Å². The van der Waals surface area contributed by atoms with E-state index < -0.39 is 5.82 Å². The van der Waals surface area contributed by atoms with E-state index >= 15 is 0 Å². The minimum Gasteiger partial charge on any atom is -0.348 e. The summed E-state index contributed by atoms with van der Waals surface area (Å²) in [5.74, 6) is -0.674. The number of halogens is 2. The van der Waals surface area contributed by atoms with Crippen molar-refractivity contribution >= 4 is 28.8 Å². The van der Waals surface area contributed by atoms with Gasteiger partial charge in [-0.05, 0) is 29.1 Å². The van der Waals surface area contributed by atoms with E-state index in [0.717, 1.165) is 4.88 Å². The first-order chi connectivity index (χ1) is 10.6. The number of H-pyrrole nitrogens is 1. The van der Waals surface area contributed by atoms with Crippen molar-refractivity contribution in [2.24, 2.45) is 0 Å². The molecule has 112 valence electrons. The van der Waals surface area contributed by atoms with Gasteiger partial charge in [-0.2, -0.15) is 5.10 Å². The van der Waals surface area contributed by atoms with Crippen LogP contribution in [0, 0.1) is 5.82 Å². The summed E-state index contributed by atoms with van der Waals surface area (Å²) in [5.41, 5.74) is 1.79. The predicted octanol–water partition coefficient (Wildman–Crippen LogP) is 3.86. The monoisotopic (exact) mass is 335 g/mol. The number of aromatic amines is 1. The highest BCUT2D eigenvalue weighted by Gasteiger charge is 2.16. The number of nitrogens with one attached hydrogen (secondary N) is 2. The molecule has 2 aromatic heterocycles. The smallest absolute Gasteiger partial charge is 0.255 e. The van der Waals surface area contributed by atoms with Crippen molar-refractivity contribution in [3.63, 3.8) is 0 Å². The van der Waals surface area contributed by atoms with Gasteiger partial charge in [-0.25, -0.2) is 4.39 Å². The Balaban J connectivity index is 1.74. The summed E-state index contributed by atoms with van der Waals surface area (Å²) in [7, 11) is 0. The van der Waals surface area contributed by atoms with Crippen LogP contribution < -0.4 is 5.32 Å². The van der Waals surface area contributed by atoms with E-state index in [-0.39, 0.29) is 17.5 Å². The molecule has 0 bridgehead atoms. The van der Waals surface area contributed by atoms with Crippen LogP contribution in [0.5, 0.6) is 0 Å². The highest BCUT2D eigenvalue weighted by atomic mass is 35.5. The van der Waals surface area contributed by atoms with E-state index in [2.05, 4.69) is 15.5 Å². The summed E-state index contributed by atoms with van der Waals surface area (Å²) >= 11 is 7.46. The number of amides is 1. The van der Waals surface area contributed by atoms with Gasteiger partial charge in [-0.3, -0.25) is 9.89 Å². The number of hydrogen-bond donors (Lipinski definition) is 2. The minimum absolute atomic E-state index is 0.215. The number of rotatable bonds is 4. The molecule has 0 aliphatic carbocycles. The zero-order valence-corrected chi connectivity index (χ0v) is 12.8. The van der Waals surface area contributed by atoms with E-state index in [1.165, 1.54) is 29.7 Å². The summed E-state index contributed by atoms with van der Waals surface area (Å²) < 4.78 is 13.0. The number of carbonyl (C=O) groups is 1. The van der Waals surface area contributed by atoms with Crippen molar-refractivity contribution in [3.05, 3.63) is 63.9 Å². The lowest BCUT2D eigenvalue weighted by Gasteiger charge is -2.07. The van der Waals surface area contributed by atoms with Crippen molar-refractivity contribution < 1.29 is 9.18 Å². The van der Waals surface area contributed by atoms with Crippen LogP contribution in [-0.4, -0.2) is 16.1 Å². The van der Waals surface area contributed by atoms with Gasteiger partial charge in [0.1, 0.15) is 5.82 Å². The fraction of sp³-hybridized carbons (Fsp3) is 0.0667. The normalized spacial score (nSPS) is 10.6. The molecule has 0 radical (unpaired) electrons. The Labute approximate surface area is 134 Å². The molecule has 0 atom stereocenters. The number of benzene rings is 1. The first kappa shape index (κ1) is 14.7. The van der Waals surface area contributed by atoms with E-state index in [0.29, 0.717) is 16.8 Å². The molecule has 0 unspecified atom stereocenters. The number of thiophene rings is 1. The Morgan fingerprint density at radius 2 is 2.27 bits per heavy atom. The molecule has 22 heavy (non-hydrogen) atoms. The lowest BCUT2D eigenvalue weighted by atomic mass is 10.2. The van der Waals surface area contributed by atoms with Crippen LogP contribution in [0.3, 0.4) is 0 Å². The third-order valence-electron chi connectivity index (χ3n) is 3.11. The van der Waals surface area contributed by atoms with Crippen molar-refractivity contribution in [2.75, 3.05) is 0 Å². The van der Waals surface area contributed by atoms with Gasteiger partial charge < -0.3 is 5.32 Å². The molecule has 2 heterocycles. The number of hydrogen-bond acceptors (Lipinski definition) is 3. The Morgan fingerprint density at radius 3 is 3.00 bits per heavy atom. The predicted molar refractivity (Wildman–Crippen MR) is 84.5 cm³/mol. The zero-order valence-electron chi connectivity index (χ0n) is 11.3. The quantitative estimate of drug-likeness (QED) is 0.760. The van der Waals surface area contributed by atoms with Crippen LogP contribution in [0.1, 0.15) is 15.9 Å². The van der Waals surface area contributed by atoms with Gasteiger partial charge in [0.2, 0.25) is 0 Å². The Bertz CT molecular complexity index is 801. The third kappa shape index (κ3) is 3.03. The second-order valence-electron chi connectivity index (χ2n) is 4.55. The molecular weight excluding hydrogens is 325 g/mol. The standard InChI is InChI=1S/C15H11ClFN3OS/c16-12-6-10(17)4-3-9(12)7-18-15(21)11-8-19-20-14(11)13-2-1-5-22-13/h1-6,8H,7H2,(H,18,21)(H,19,20). The maximum Gasteiger partial charge on any atom is 0.255 e. The molecule has 3 rings (SSSR count). The van der Waals surface area contributed by atoms with Gasteiger partial charge in [-0.1, -0.05) is 23.7 Å². The Kier molecular flexibility index (Phi) is 4.22. The van der Waals surface area contributed by atoms with Crippen molar-refractivity contribution in [1.82, 2.24) is 15.5 Å². The highest BCUT2D eigenvalue weighted by molar-refractivity contribution is 7.13. The van der Waals surface area contributed by atoms with Gasteiger partial charge in [-0.15, -0.1) is 11.3 Å². The maximum absolute atomic E-state index is 13.0. The van der Waals surface area contributed by atoms with Crippen LogP contribution in [0.2, 0.25) is 5.02 Å². The minimum atomic E-state index is -0.408. The third-order valence-corrected chi connectivity index (χ3v) is 4.35. The van der Waals surface area contributed by atoms with Gasteiger partial charge in [0.25, 0.3) is 5.91 Å². The van der Waals surface area contributed by atoms with E-state index in [1.807, 2.05) is 17.5 Å². The molecular formula is C15H11ClFN3OS. The largest absolute Gasteiger partial charge is 0.348 e. The molecule has 0 aliphatic heterocycles. The number of nitrogens with zero attached hydrogens (tertiary/aromatic N) is 1. The summed E-state index contributed by atoms with van der Waals surface area (Å²) in [4.78, 5) is 13.2. The van der Waals surface area contributed by atoms with Gasteiger partial charge in [0.05, 0.1) is 22.3 Å². The summed E-state index contributed by atoms with van der Waals surface area (Å²) in [6.45, 7) is 0.215. The molecule has 0 aliphatic rings. The summed E-state index contributed by atoms with van der Waals surface area (Å²) in [6.07, 6.45) is 1.48. The van der Waals surface area contributed by atoms with Crippen LogP contribution in [0.15, 0.2) is 41.9 Å². The molecule has 0 fully saturated rings. The molecule has 1 aromatic carbocycles. The van der Waals surface area contributed by atoms with Crippen LogP contribution in [0.4, 0.5) is 4.39 Å². The second-order valence-corrected chi connectivity index (χ2v) is 5.91. The highest BCUT2D eigenvalue weighted by Crippen LogP contribution is 2.25.